The van der Waals surface area contributed by atoms with Gasteiger partial charge in [0, 0.05) is 0 Å². The zero-order valence-electron chi connectivity index (χ0n) is 11.6. The van der Waals surface area contributed by atoms with E-state index in [2.05, 4.69) is 22.8 Å². The molecule has 108 valence electrons. The van der Waals surface area contributed by atoms with Crippen molar-refractivity contribution in [2.45, 2.75) is 24.8 Å². The highest BCUT2D eigenvalue weighted by Gasteiger charge is 2.39. The number of urea groups is 1. The van der Waals surface area contributed by atoms with Crippen molar-refractivity contribution in [3.05, 3.63) is 65.2 Å². The number of hydrogen-bond acceptors (Lipinski definition) is 1. The number of rotatable bonds is 3. The van der Waals surface area contributed by atoms with Gasteiger partial charge in [0.05, 0.1) is 16.2 Å². The van der Waals surface area contributed by atoms with Gasteiger partial charge in [-0.1, -0.05) is 54.1 Å². The Balaban J connectivity index is 1.73. The minimum atomic E-state index is -0.243. The van der Waals surface area contributed by atoms with Gasteiger partial charge < -0.3 is 10.6 Å². The molecule has 0 spiro atoms. The van der Waals surface area contributed by atoms with Crippen molar-refractivity contribution in [2.24, 2.45) is 0 Å². The molecule has 2 amide bonds. The zero-order chi connectivity index (χ0) is 14.7. The molecular formula is C17H17ClN2O. The molecule has 0 heterocycles. The molecule has 2 aromatic carbocycles. The molecule has 3 nitrogen and oxygen atoms in total. The first-order chi connectivity index (χ1) is 10.2. The van der Waals surface area contributed by atoms with E-state index in [0.29, 0.717) is 10.7 Å². The average Bonchev–Trinajstić information content (AvgIpc) is 2.46. The van der Waals surface area contributed by atoms with E-state index in [-0.39, 0.29) is 11.6 Å². The van der Waals surface area contributed by atoms with Gasteiger partial charge in [0.1, 0.15) is 0 Å². The van der Waals surface area contributed by atoms with Crippen molar-refractivity contribution in [3.8, 4) is 0 Å². The number of nitrogens with one attached hydrogen (secondary N) is 2. The molecule has 1 aliphatic carbocycles. The first-order valence-corrected chi connectivity index (χ1v) is 7.47. The Labute approximate surface area is 129 Å². The maximum Gasteiger partial charge on any atom is 0.319 e. The van der Waals surface area contributed by atoms with E-state index >= 15 is 0 Å². The highest BCUT2D eigenvalue weighted by Crippen LogP contribution is 2.41. The van der Waals surface area contributed by atoms with Crippen LogP contribution in [0.4, 0.5) is 10.5 Å². The Morgan fingerprint density at radius 1 is 1.00 bits per heavy atom. The number of amides is 2. The lowest BCUT2D eigenvalue weighted by Gasteiger charge is -2.43. The zero-order valence-corrected chi connectivity index (χ0v) is 12.4. The molecule has 2 aromatic rings. The van der Waals surface area contributed by atoms with Crippen LogP contribution in [0.3, 0.4) is 0 Å². The standard InChI is InChI=1S/C17H17ClN2O/c18-14-9-4-5-10-15(14)19-16(21)20-17(11-6-12-17)13-7-2-1-3-8-13/h1-5,7-10H,6,11-12H2,(H2,19,20,21). The third-order valence-electron chi connectivity index (χ3n) is 4.01. The van der Waals surface area contributed by atoms with Crippen LogP contribution < -0.4 is 10.6 Å². The second-order valence-corrected chi connectivity index (χ2v) is 5.77. The van der Waals surface area contributed by atoms with Crippen LogP contribution in [0, 0.1) is 0 Å². The fourth-order valence-corrected chi connectivity index (χ4v) is 2.89. The SMILES string of the molecule is O=C(Nc1ccccc1Cl)NC1(c2ccccc2)CCC1. The predicted octanol–water partition coefficient (Wildman–Crippen LogP) is 4.54. The summed E-state index contributed by atoms with van der Waals surface area (Å²) in [5.41, 5.74) is 1.54. The molecule has 0 bridgehead atoms. The first kappa shape index (κ1) is 14.0. The summed E-state index contributed by atoms with van der Waals surface area (Å²) in [7, 11) is 0. The molecular weight excluding hydrogens is 284 g/mol. The topological polar surface area (TPSA) is 41.1 Å². The summed E-state index contributed by atoms with van der Waals surface area (Å²) in [4.78, 5) is 12.3. The second kappa shape index (κ2) is 5.78. The normalized spacial score (nSPS) is 15.9. The lowest BCUT2D eigenvalue weighted by Crippen LogP contribution is -2.52. The van der Waals surface area contributed by atoms with E-state index in [4.69, 9.17) is 11.6 Å². The number of carbonyl (C=O) groups is 1. The maximum absolute atomic E-state index is 12.3. The molecule has 1 saturated carbocycles. The van der Waals surface area contributed by atoms with Crippen LogP contribution in [0.5, 0.6) is 0 Å². The molecule has 0 saturated heterocycles. The maximum atomic E-state index is 12.3. The van der Waals surface area contributed by atoms with Crippen molar-refractivity contribution in [1.82, 2.24) is 5.32 Å². The van der Waals surface area contributed by atoms with Crippen molar-refractivity contribution < 1.29 is 4.79 Å². The highest BCUT2D eigenvalue weighted by molar-refractivity contribution is 6.33. The van der Waals surface area contributed by atoms with Crippen LogP contribution in [0.1, 0.15) is 24.8 Å². The summed E-state index contributed by atoms with van der Waals surface area (Å²) in [5.74, 6) is 0. The molecule has 0 atom stereocenters. The van der Waals surface area contributed by atoms with Crippen LogP contribution in [0.25, 0.3) is 0 Å². The number of hydrogen-bond donors (Lipinski definition) is 2. The number of carbonyl (C=O) groups excluding carboxylic acids is 1. The van der Waals surface area contributed by atoms with Gasteiger partial charge in [0.15, 0.2) is 0 Å². The summed E-state index contributed by atoms with van der Waals surface area (Å²) in [6.45, 7) is 0. The largest absolute Gasteiger partial charge is 0.328 e. The molecule has 1 aliphatic rings. The fraction of sp³-hybridized carbons (Fsp3) is 0.235. The summed E-state index contributed by atoms with van der Waals surface area (Å²) in [6, 6.07) is 17.1. The second-order valence-electron chi connectivity index (χ2n) is 5.36. The third kappa shape index (κ3) is 2.88. The summed E-state index contributed by atoms with van der Waals surface area (Å²) < 4.78 is 0. The van der Waals surface area contributed by atoms with E-state index in [9.17, 15) is 4.79 Å². The van der Waals surface area contributed by atoms with Crippen LogP contribution >= 0.6 is 11.6 Å². The van der Waals surface area contributed by atoms with E-state index in [1.165, 1.54) is 0 Å². The molecule has 3 rings (SSSR count). The van der Waals surface area contributed by atoms with E-state index in [0.717, 1.165) is 24.8 Å². The Bertz CT molecular complexity index is 638. The Kier molecular flexibility index (Phi) is 3.84. The molecule has 1 fully saturated rings. The van der Waals surface area contributed by atoms with Crippen molar-refractivity contribution in [3.63, 3.8) is 0 Å². The first-order valence-electron chi connectivity index (χ1n) is 7.09. The Morgan fingerprint density at radius 2 is 1.67 bits per heavy atom. The lowest BCUT2D eigenvalue weighted by atomic mass is 9.72. The molecule has 0 unspecified atom stereocenters. The van der Waals surface area contributed by atoms with E-state index < -0.39 is 0 Å². The van der Waals surface area contributed by atoms with Crippen LogP contribution in [-0.2, 0) is 5.54 Å². The van der Waals surface area contributed by atoms with Gasteiger partial charge in [-0.05, 0) is 37.0 Å². The van der Waals surface area contributed by atoms with Gasteiger partial charge in [-0.25, -0.2) is 4.79 Å². The Morgan fingerprint density at radius 3 is 2.29 bits per heavy atom. The molecule has 0 aromatic heterocycles. The third-order valence-corrected chi connectivity index (χ3v) is 4.34. The number of anilines is 1. The number of halogens is 1. The monoisotopic (exact) mass is 300 g/mol. The number of benzene rings is 2. The van der Waals surface area contributed by atoms with Gasteiger partial charge >= 0.3 is 6.03 Å². The molecule has 0 radical (unpaired) electrons. The van der Waals surface area contributed by atoms with Gasteiger partial charge in [0.25, 0.3) is 0 Å². The van der Waals surface area contributed by atoms with Crippen molar-refractivity contribution in [2.75, 3.05) is 5.32 Å². The summed E-state index contributed by atoms with van der Waals surface area (Å²) >= 11 is 6.06. The lowest BCUT2D eigenvalue weighted by molar-refractivity contribution is 0.185. The van der Waals surface area contributed by atoms with Gasteiger partial charge in [-0.2, -0.15) is 0 Å². The Hall–Kier alpha value is -2.00. The molecule has 21 heavy (non-hydrogen) atoms. The average molecular weight is 301 g/mol. The predicted molar refractivity (Wildman–Crippen MR) is 85.6 cm³/mol. The highest BCUT2D eigenvalue weighted by atomic mass is 35.5. The quantitative estimate of drug-likeness (QED) is 0.858. The minimum Gasteiger partial charge on any atom is -0.328 e. The van der Waals surface area contributed by atoms with Crippen molar-refractivity contribution in [1.29, 1.82) is 0 Å². The van der Waals surface area contributed by atoms with E-state index in [1.54, 1.807) is 12.1 Å². The number of para-hydroxylation sites is 1. The fourth-order valence-electron chi connectivity index (χ4n) is 2.71. The minimum absolute atomic E-state index is 0.216. The molecule has 4 heteroatoms. The summed E-state index contributed by atoms with van der Waals surface area (Å²) in [6.07, 6.45) is 3.06. The van der Waals surface area contributed by atoms with E-state index in [1.807, 2.05) is 30.3 Å². The van der Waals surface area contributed by atoms with Crippen LogP contribution in [0.2, 0.25) is 5.02 Å². The summed E-state index contributed by atoms with van der Waals surface area (Å²) in [5, 5.41) is 6.47. The van der Waals surface area contributed by atoms with Crippen LogP contribution in [-0.4, -0.2) is 6.03 Å². The van der Waals surface area contributed by atoms with Crippen LogP contribution in [0.15, 0.2) is 54.6 Å². The van der Waals surface area contributed by atoms with Gasteiger partial charge in [0.2, 0.25) is 0 Å². The smallest absolute Gasteiger partial charge is 0.319 e. The van der Waals surface area contributed by atoms with Crippen molar-refractivity contribution >= 4 is 23.3 Å². The van der Waals surface area contributed by atoms with Gasteiger partial charge in [-0.15, -0.1) is 0 Å². The molecule has 2 N–H and O–H groups in total. The molecule has 0 aliphatic heterocycles. The van der Waals surface area contributed by atoms with Gasteiger partial charge in [-0.3, -0.25) is 0 Å².